The third kappa shape index (κ3) is 3.84. The lowest BCUT2D eigenvalue weighted by atomic mass is 10.2. The van der Waals surface area contributed by atoms with Crippen LogP contribution in [0.5, 0.6) is 0 Å². The highest BCUT2D eigenvalue weighted by atomic mass is 32.1. The lowest BCUT2D eigenvalue weighted by Crippen LogP contribution is -2.33. The number of hydrogen-bond acceptors (Lipinski definition) is 4. The van der Waals surface area contributed by atoms with Gasteiger partial charge < -0.3 is 14.7 Å². The van der Waals surface area contributed by atoms with Crippen LogP contribution in [0.3, 0.4) is 0 Å². The highest BCUT2D eigenvalue weighted by Crippen LogP contribution is 2.18. The Morgan fingerprint density at radius 3 is 3.00 bits per heavy atom. The number of carbonyl (C=O) groups is 1. The van der Waals surface area contributed by atoms with Crippen LogP contribution in [-0.4, -0.2) is 49.3 Å². The molecule has 0 bridgehead atoms. The second kappa shape index (κ2) is 7.17. The molecule has 0 aliphatic heterocycles. The first-order chi connectivity index (χ1) is 8.60. The molecule has 1 N–H and O–H groups in total. The first kappa shape index (κ1) is 14.7. The van der Waals surface area contributed by atoms with E-state index in [2.05, 4.69) is 11.8 Å². The molecule has 0 aliphatic carbocycles. The van der Waals surface area contributed by atoms with E-state index in [1.807, 2.05) is 12.3 Å². The topological polar surface area (TPSA) is 49.8 Å². The molecule has 0 aliphatic rings. The number of hydrogen-bond donors (Lipinski definition) is 1. The molecule has 1 unspecified atom stereocenters. The summed E-state index contributed by atoms with van der Waals surface area (Å²) in [5, 5.41) is 10.5. The van der Waals surface area contributed by atoms with Crippen LogP contribution >= 0.6 is 11.3 Å². The molecule has 1 atom stereocenters. The van der Waals surface area contributed by atoms with E-state index >= 15 is 0 Å². The van der Waals surface area contributed by atoms with Crippen molar-refractivity contribution >= 4 is 17.2 Å². The number of likely N-dealkylation sites (N-methyl/N-ethyl adjacent to an activating group) is 1. The second-order valence-corrected chi connectivity index (χ2v) is 4.77. The molecule has 0 saturated carbocycles. The molecule has 0 spiro atoms. The fourth-order valence-corrected chi connectivity index (χ4v) is 2.27. The SMILES string of the molecule is COC(C)CN(C)C(=O)c1sccc1C#CCO. The Morgan fingerprint density at radius 2 is 2.39 bits per heavy atom. The molecule has 1 heterocycles. The number of nitrogens with zero attached hydrogens (tertiary/aromatic N) is 1. The van der Waals surface area contributed by atoms with Crippen LogP contribution in [0.2, 0.25) is 0 Å². The van der Waals surface area contributed by atoms with Crippen molar-refractivity contribution in [3.8, 4) is 11.8 Å². The van der Waals surface area contributed by atoms with Crippen LogP contribution in [-0.2, 0) is 4.74 Å². The lowest BCUT2D eigenvalue weighted by Gasteiger charge is -2.20. The first-order valence-electron chi connectivity index (χ1n) is 5.55. The second-order valence-electron chi connectivity index (χ2n) is 3.86. The Balaban J connectivity index is 2.80. The summed E-state index contributed by atoms with van der Waals surface area (Å²) < 4.78 is 5.13. The molecule has 0 aromatic carbocycles. The number of rotatable bonds is 4. The van der Waals surface area contributed by atoms with Crippen LogP contribution in [0.25, 0.3) is 0 Å². The lowest BCUT2D eigenvalue weighted by molar-refractivity contribution is 0.0603. The van der Waals surface area contributed by atoms with E-state index in [1.165, 1.54) is 11.3 Å². The Labute approximate surface area is 111 Å². The minimum absolute atomic E-state index is 0.00844. The van der Waals surface area contributed by atoms with Gasteiger partial charge in [0.05, 0.1) is 6.10 Å². The van der Waals surface area contributed by atoms with Crippen molar-refractivity contribution in [2.75, 3.05) is 27.3 Å². The predicted octanol–water partition coefficient (Wildman–Crippen LogP) is 1.20. The summed E-state index contributed by atoms with van der Waals surface area (Å²) in [6.45, 7) is 2.23. The maximum atomic E-state index is 12.2. The largest absolute Gasteiger partial charge is 0.384 e. The van der Waals surface area contributed by atoms with Gasteiger partial charge in [0.2, 0.25) is 0 Å². The minimum Gasteiger partial charge on any atom is -0.384 e. The standard InChI is InChI=1S/C13H17NO3S/c1-10(17-3)9-14(2)13(16)12-11(5-4-7-15)6-8-18-12/h6,8,10,15H,7,9H2,1-3H3. The third-order valence-electron chi connectivity index (χ3n) is 2.44. The quantitative estimate of drug-likeness (QED) is 0.834. The van der Waals surface area contributed by atoms with Crippen LogP contribution < -0.4 is 0 Å². The van der Waals surface area contributed by atoms with E-state index in [4.69, 9.17) is 9.84 Å². The fraction of sp³-hybridized carbons (Fsp3) is 0.462. The Bertz CT molecular complexity index is 458. The van der Waals surface area contributed by atoms with Crippen molar-refractivity contribution < 1.29 is 14.6 Å². The van der Waals surface area contributed by atoms with E-state index in [0.29, 0.717) is 17.0 Å². The minimum atomic E-state index is -0.208. The smallest absolute Gasteiger partial charge is 0.265 e. The van der Waals surface area contributed by atoms with Gasteiger partial charge in [-0.3, -0.25) is 4.79 Å². The molecule has 1 rings (SSSR count). The van der Waals surface area contributed by atoms with Gasteiger partial charge in [-0.15, -0.1) is 11.3 Å². The molecule has 5 heteroatoms. The van der Waals surface area contributed by atoms with Crippen molar-refractivity contribution in [3.63, 3.8) is 0 Å². The van der Waals surface area contributed by atoms with E-state index in [9.17, 15) is 4.79 Å². The number of thiophene rings is 1. The zero-order valence-corrected chi connectivity index (χ0v) is 11.6. The highest BCUT2D eigenvalue weighted by molar-refractivity contribution is 7.12. The van der Waals surface area contributed by atoms with Gasteiger partial charge in [0.15, 0.2) is 0 Å². The summed E-state index contributed by atoms with van der Waals surface area (Å²) in [6, 6.07) is 1.79. The van der Waals surface area contributed by atoms with Crippen molar-refractivity contribution in [2.45, 2.75) is 13.0 Å². The number of aliphatic hydroxyl groups excluding tert-OH is 1. The van der Waals surface area contributed by atoms with Gasteiger partial charge in [-0.05, 0) is 18.4 Å². The first-order valence-corrected chi connectivity index (χ1v) is 6.43. The number of carbonyl (C=O) groups excluding carboxylic acids is 1. The fourth-order valence-electron chi connectivity index (χ4n) is 1.42. The number of methoxy groups -OCH3 is 1. The van der Waals surface area contributed by atoms with Crippen molar-refractivity contribution in [1.29, 1.82) is 0 Å². The van der Waals surface area contributed by atoms with Gasteiger partial charge in [-0.25, -0.2) is 0 Å². The van der Waals surface area contributed by atoms with Crippen LogP contribution in [0, 0.1) is 11.8 Å². The van der Waals surface area contributed by atoms with E-state index in [0.717, 1.165) is 0 Å². The van der Waals surface area contributed by atoms with Gasteiger partial charge >= 0.3 is 0 Å². The van der Waals surface area contributed by atoms with E-state index in [-0.39, 0.29) is 18.6 Å². The number of aliphatic hydroxyl groups is 1. The molecule has 98 valence electrons. The number of amides is 1. The van der Waals surface area contributed by atoms with Gasteiger partial charge in [0.1, 0.15) is 11.5 Å². The van der Waals surface area contributed by atoms with Crippen LogP contribution in [0.1, 0.15) is 22.2 Å². The average Bonchev–Trinajstić information content (AvgIpc) is 2.83. The Morgan fingerprint density at radius 1 is 1.67 bits per heavy atom. The molecular weight excluding hydrogens is 250 g/mol. The van der Waals surface area contributed by atoms with Gasteiger partial charge in [0.25, 0.3) is 5.91 Å². The van der Waals surface area contributed by atoms with Crippen molar-refractivity contribution in [3.05, 3.63) is 21.9 Å². The molecule has 0 saturated heterocycles. The van der Waals surface area contributed by atoms with Gasteiger partial charge in [-0.1, -0.05) is 11.8 Å². The molecule has 0 radical (unpaired) electrons. The summed E-state index contributed by atoms with van der Waals surface area (Å²) in [6.07, 6.45) is -0.00844. The zero-order chi connectivity index (χ0) is 13.5. The summed E-state index contributed by atoms with van der Waals surface area (Å²) >= 11 is 1.35. The molecule has 18 heavy (non-hydrogen) atoms. The molecule has 1 aromatic heterocycles. The maximum Gasteiger partial charge on any atom is 0.265 e. The van der Waals surface area contributed by atoms with Crippen LogP contribution in [0.4, 0.5) is 0 Å². The predicted molar refractivity (Wildman–Crippen MR) is 71.7 cm³/mol. The molecule has 0 fully saturated rings. The molecular formula is C13H17NO3S. The van der Waals surface area contributed by atoms with Crippen LogP contribution in [0.15, 0.2) is 11.4 Å². The molecule has 1 aromatic rings. The zero-order valence-electron chi connectivity index (χ0n) is 10.8. The third-order valence-corrected chi connectivity index (χ3v) is 3.34. The monoisotopic (exact) mass is 267 g/mol. The van der Waals surface area contributed by atoms with E-state index < -0.39 is 0 Å². The highest BCUT2D eigenvalue weighted by Gasteiger charge is 2.18. The van der Waals surface area contributed by atoms with Gasteiger partial charge in [-0.2, -0.15) is 0 Å². The Hall–Kier alpha value is -1.35. The normalized spacial score (nSPS) is 11.6. The Kier molecular flexibility index (Phi) is 5.86. The molecule has 4 nitrogen and oxygen atoms in total. The molecule has 1 amide bonds. The summed E-state index contributed by atoms with van der Waals surface area (Å²) in [7, 11) is 3.35. The summed E-state index contributed by atoms with van der Waals surface area (Å²) in [5.41, 5.74) is 0.663. The average molecular weight is 267 g/mol. The summed E-state index contributed by atoms with van der Waals surface area (Å²) in [4.78, 5) is 14.4. The maximum absolute atomic E-state index is 12.2. The van der Waals surface area contributed by atoms with E-state index in [1.54, 1.807) is 25.1 Å². The van der Waals surface area contributed by atoms with Crippen molar-refractivity contribution in [2.24, 2.45) is 0 Å². The van der Waals surface area contributed by atoms with Crippen molar-refractivity contribution in [1.82, 2.24) is 4.90 Å². The number of ether oxygens (including phenoxy) is 1. The summed E-state index contributed by atoms with van der Waals surface area (Å²) in [5.74, 6) is 5.26. The van der Waals surface area contributed by atoms with Gasteiger partial charge in [0, 0.05) is 26.3 Å².